The van der Waals surface area contributed by atoms with E-state index < -0.39 is 0 Å². The minimum atomic E-state index is 0.506. The van der Waals surface area contributed by atoms with Crippen LogP contribution in [0.2, 0.25) is 0 Å². The van der Waals surface area contributed by atoms with Crippen molar-refractivity contribution in [3.8, 4) is 5.69 Å². The van der Waals surface area contributed by atoms with Crippen molar-refractivity contribution in [2.45, 2.75) is 31.7 Å². The van der Waals surface area contributed by atoms with Gasteiger partial charge in [0.25, 0.3) is 5.95 Å². The van der Waals surface area contributed by atoms with E-state index in [1.807, 2.05) is 35.0 Å². The van der Waals surface area contributed by atoms with Crippen molar-refractivity contribution < 1.29 is 0 Å². The smallest absolute Gasteiger partial charge is 0.250 e. The van der Waals surface area contributed by atoms with Crippen LogP contribution in [0.25, 0.3) is 5.69 Å². The highest BCUT2D eigenvalue weighted by molar-refractivity contribution is 5.42. The summed E-state index contributed by atoms with van der Waals surface area (Å²) in [6, 6.07) is 10.5. The van der Waals surface area contributed by atoms with E-state index in [0.29, 0.717) is 6.04 Å². The molecule has 0 bridgehead atoms. The maximum absolute atomic E-state index is 5.63. The molecule has 1 aliphatic rings. The maximum atomic E-state index is 5.63. The Morgan fingerprint density at radius 2 is 2.10 bits per heavy atom. The molecule has 2 aromatic rings. The second-order valence-corrected chi connectivity index (χ2v) is 5.15. The molecule has 0 spiro atoms. The van der Waals surface area contributed by atoms with Gasteiger partial charge in [0, 0.05) is 12.6 Å². The van der Waals surface area contributed by atoms with E-state index in [2.05, 4.69) is 20.4 Å². The van der Waals surface area contributed by atoms with E-state index in [1.165, 1.54) is 12.8 Å². The summed E-state index contributed by atoms with van der Waals surface area (Å²) in [6.07, 6.45) is 4.55. The van der Waals surface area contributed by atoms with E-state index in [9.17, 15) is 0 Å². The van der Waals surface area contributed by atoms with Gasteiger partial charge in [-0.15, -0.1) is 0 Å². The number of rotatable bonds is 5. The van der Waals surface area contributed by atoms with Crippen LogP contribution in [-0.2, 0) is 0 Å². The minimum absolute atomic E-state index is 0.506. The zero-order valence-corrected chi connectivity index (χ0v) is 11.5. The summed E-state index contributed by atoms with van der Waals surface area (Å²) in [5.41, 5.74) is 6.62. The summed E-state index contributed by atoms with van der Waals surface area (Å²) >= 11 is 0. The van der Waals surface area contributed by atoms with Crippen molar-refractivity contribution >= 4 is 5.95 Å². The Balaban J connectivity index is 1.86. The summed E-state index contributed by atoms with van der Waals surface area (Å²) in [6.45, 7) is 1.76. The molecule has 1 fully saturated rings. The van der Waals surface area contributed by atoms with Crippen LogP contribution in [0.15, 0.2) is 30.3 Å². The van der Waals surface area contributed by atoms with Crippen LogP contribution >= 0.6 is 0 Å². The van der Waals surface area contributed by atoms with Gasteiger partial charge >= 0.3 is 0 Å². The summed E-state index contributed by atoms with van der Waals surface area (Å²) in [7, 11) is 0. The van der Waals surface area contributed by atoms with Crippen molar-refractivity contribution in [2.24, 2.45) is 5.73 Å². The standard InChI is InChI=1S/C14H20N6/c15-10-4-8-12-9-5-11-19(12)14-16-17-18-20(14)13-6-2-1-3-7-13/h1-3,6-7,12H,4-5,8-11,15H2. The third-order valence-corrected chi connectivity index (χ3v) is 3.83. The fourth-order valence-electron chi connectivity index (χ4n) is 2.85. The number of aromatic nitrogens is 4. The van der Waals surface area contributed by atoms with Gasteiger partial charge in [0.15, 0.2) is 0 Å². The third kappa shape index (κ3) is 2.51. The van der Waals surface area contributed by atoms with E-state index in [-0.39, 0.29) is 0 Å². The molecule has 1 aliphatic heterocycles. The maximum Gasteiger partial charge on any atom is 0.250 e. The lowest BCUT2D eigenvalue weighted by molar-refractivity contribution is 0.574. The van der Waals surface area contributed by atoms with Gasteiger partial charge in [-0.2, -0.15) is 4.68 Å². The van der Waals surface area contributed by atoms with Crippen LogP contribution in [0.5, 0.6) is 0 Å². The van der Waals surface area contributed by atoms with Gasteiger partial charge in [0.1, 0.15) is 0 Å². The Hall–Kier alpha value is -1.95. The molecule has 2 heterocycles. The zero-order chi connectivity index (χ0) is 13.8. The molecule has 1 atom stereocenters. The normalized spacial score (nSPS) is 18.6. The van der Waals surface area contributed by atoms with E-state index in [1.54, 1.807) is 0 Å². The van der Waals surface area contributed by atoms with Gasteiger partial charge < -0.3 is 10.6 Å². The van der Waals surface area contributed by atoms with Crippen molar-refractivity contribution in [1.29, 1.82) is 0 Å². The molecule has 3 rings (SSSR count). The quantitative estimate of drug-likeness (QED) is 0.890. The van der Waals surface area contributed by atoms with Gasteiger partial charge in [-0.25, -0.2) is 0 Å². The molecule has 2 N–H and O–H groups in total. The molecular formula is C14H20N6. The van der Waals surface area contributed by atoms with Crippen LogP contribution in [-0.4, -0.2) is 39.3 Å². The van der Waals surface area contributed by atoms with Gasteiger partial charge in [0.2, 0.25) is 0 Å². The number of benzene rings is 1. The molecule has 106 valence electrons. The summed E-state index contributed by atoms with van der Waals surface area (Å²) in [5, 5.41) is 12.2. The molecule has 1 unspecified atom stereocenters. The number of anilines is 1. The highest BCUT2D eigenvalue weighted by Gasteiger charge is 2.28. The number of hydrogen-bond donors (Lipinski definition) is 1. The topological polar surface area (TPSA) is 72.9 Å². The Morgan fingerprint density at radius 1 is 1.25 bits per heavy atom. The predicted octanol–water partition coefficient (Wildman–Crippen LogP) is 1.37. The highest BCUT2D eigenvalue weighted by Crippen LogP contribution is 2.27. The van der Waals surface area contributed by atoms with Gasteiger partial charge in [-0.3, -0.25) is 0 Å². The SMILES string of the molecule is NCCCC1CCCN1c1nnnn1-c1ccccc1. The average molecular weight is 272 g/mol. The number of tetrazole rings is 1. The molecule has 0 aliphatic carbocycles. The van der Waals surface area contributed by atoms with Gasteiger partial charge in [-0.1, -0.05) is 23.3 Å². The predicted molar refractivity (Wildman–Crippen MR) is 77.8 cm³/mol. The Morgan fingerprint density at radius 3 is 2.90 bits per heavy atom. The molecular weight excluding hydrogens is 252 g/mol. The monoisotopic (exact) mass is 272 g/mol. The van der Waals surface area contributed by atoms with Crippen LogP contribution in [0.3, 0.4) is 0 Å². The number of hydrogen-bond acceptors (Lipinski definition) is 5. The molecule has 1 aromatic heterocycles. The third-order valence-electron chi connectivity index (χ3n) is 3.83. The minimum Gasteiger partial charge on any atom is -0.336 e. The van der Waals surface area contributed by atoms with E-state index in [4.69, 9.17) is 5.73 Å². The molecule has 20 heavy (non-hydrogen) atoms. The van der Waals surface area contributed by atoms with Crippen molar-refractivity contribution in [3.63, 3.8) is 0 Å². The number of para-hydroxylation sites is 1. The van der Waals surface area contributed by atoms with Gasteiger partial charge in [-0.05, 0) is 54.8 Å². The molecule has 0 saturated carbocycles. The van der Waals surface area contributed by atoms with E-state index in [0.717, 1.165) is 37.6 Å². The lowest BCUT2D eigenvalue weighted by atomic mass is 10.1. The number of nitrogens with two attached hydrogens (primary N) is 1. The van der Waals surface area contributed by atoms with Crippen LogP contribution in [0.4, 0.5) is 5.95 Å². The largest absolute Gasteiger partial charge is 0.336 e. The van der Waals surface area contributed by atoms with Crippen LogP contribution < -0.4 is 10.6 Å². The molecule has 0 amide bonds. The van der Waals surface area contributed by atoms with E-state index >= 15 is 0 Å². The summed E-state index contributed by atoms with van der Waals surface area (Å²) in [5.74, 6) is 0.843. The first-order chi connectivity index (χ1) is 9.90. The average Bonchev–Trinajstić information content (AvgIpc) is 3.14. The number of nitrogens with zero attached hydrogens (tertiary/aromatic N) is 5. The fraction of sp³-hybridized carbons (Fsp3) is 0.500. The Bertz CT molecular complexity index is 538. The molecule has 6 nitrogen and oxygen atoms in total. The van der Waals surface area contributed by atoms with Gasteiger partial charge in [0.05, 0.1) is 5.69 Å². The lowest BCUT2D eigenvalue weighted by Gasteiger charge is -2.24. The van der Waals surface area contributed by atoms with Crippen molar-refractivity contribution in [1.82, 2.24) is 20.2 Å². The molecule has 1 aromatic carbocycles. The molecule has 1 saturated heterocycles. The highest BCUT2D eigenvalue weighted by atomic mass is 15.6. The zero-order valence-electron chi connectivity index (χ0n) is 11.5. The lowest BCUT2D eigenvalue weighted by Crippen LogP contribution is -2.32. The second-order valence-electron chi connectivity index (χ2n) is 5.15. The van der Waals surface area contributed by atoms with Crippen LogP contribution in [0.1, 0.15) is 25.7 Å². The van der Waals surface area contributed by atoms with Crippen LogP contribution in [0, 0.1) is 0 Å². The first kappa shape index (κ1) is 13.1. The second kappa shape index (κ2) is 6.00. The first-order valence-corrected chi connectivity index (χ1v) is 7.20. The Kier molecular flexibility index (Phi) is 3.92. The summed E-state index contributed by atoms with van der Waals surface area (Å²) < 4.78 is 1.82. The molecule has 6 heteroatoms. The first-order valence-electron chi connectivity index (χ1n) is 7.20. The van der Waals surface area contributed by atoms with Crippen molar-refractivity contribution in [2.75, 3.05) is 18.0 Å². The molecule has 0 radical (unpaired) electrons. The summed E-state index contributed by atoms with van der Waals surface area (Å²) in [4.78, 5) is 2.32. The Labute approximate surface area is 118 Å². The fourth-order valence-corrected chi connectivity index (χ4v) is 2.85. The van der Waals surface area contributed by atoms with Crippen molar-refractivity contribution in [3.05, 3.63) is 30.3 Å².